The minimum atomic E-state index is 0.346. The van der Waals surface area contributed by atoms with Gasteiger partial charge in [0.25, 0.3) is 0 Å². The Morgan fingerprint density at radius 3 is 2.23 bits per heavy atom. The van der Waals surface area contributed by atoms with Crippen molar-refractivity contribution >= 4 is 11.6 Å². The summed E-state index contributed by atoms with van der Waals surface area (Å²) in [5.41, 5.74) is 10.2. The van der Waals surface area contributed by atoms with Crippen LogP contribution >= 0.6 is 0 Å². The summed E-state index contributed by atoms with van der Waals surface area (Å²) in [6.45, 7) is 4.48. The molecule has 0 fully saturated rings. The smallest absolute Gasteiger partial charge is 0.219 e. The number of aliphatic imine (C=N–C) groups is 1. The molecule has 0 aliphatic rings. The van der Waals surface area contributed by atoms with Gasteiger partial charge in [-0.25, -0.2) is 9.98 Å². The number of nitrogens with two attached hydrogens (primary N) is 1. The fourth-order valence-electron chi connectivity index (χ4n) is 3.00. The monoisotopic (exact) mass is 406 g/mol. The Hall–Kier alpha value is -3.74. The van der Waals surface area contributed by atoms with Crippen LogP contribution in [-0.4, -0.2) is 25.2 Å². The summed E-state index contributed by atoms with van der Waals surface area (Å²) < 4.78 is 16.6. The van der Waals surface area contributed by atoms with Gasteiger partial charge in [-0.3, -0.25) is 0 Å². The Labute approximate surface area is 176 Å². The van der Waals surface area contributed by atoms with E-state index in [0.717, 1.165) is 22.4 Å². The molecular weight excluding hydrogens is 380 g/mol. The van der Waals surface area contributed by atoms with Crippen LogP contribution in [0.3, 0.4) is 0 Å². The maximum Gasteiger partial charge on any atom is 0.219 e. The number of nitrogens with one attached hydrogen (secondary N) is 1. The predicted molar refractivity (Wildman–Crippen MR) is 119 cm³/mol. The minimum Gasteiger partial charge on any atom is -0.493 e. The first kappa shape index (κ1) is 21.0. The highest BCUT2D eigenvalue weighted by Crippen LogP contribution is 2.39. The van der Waals surface area contributed by atoms with Gasteiger partial charge < -0.3 is 25.3 Å². The van der Waals surface area contributed by atoms with Crippen LogP contribution in [0.5, 0.6) is 23.1 Å². The molecule has 3 rings (SSSR count). The van der Waals surface area contributed by atoms with Crippen molar-refractivity contribution < 1.29 is 14.2 Å². The number of hydrogen-bond donors (Lipinski definition) is 2. The highest BCUT2D eigenvalue weighted by molar-refractivity contribution is 5.92. The summed E-state index contributed by atoms with van der Waals surface area (Å²) in [7, 11) is 3.15. The summed E-state index contributed by atoms with van der Waals surface area (Å²) in [4.78, 5) is 8.73. The molecule has 0 saturated carbocycles. The normalized spacial score (nSPS) is 11.1. The fourth-order valence-corrected chi connectivity index (χ4v) is 3.00. The van der Waals surface area contributed by atoms with Crippen molar-refractivity contribution in [2.45, 2.75) is 20.4 Å². The molecule has 30 heavy (non-hydrogen) atoms. The van der Waals surface area contributed by atoms with Crippen LogP contribution in [0, 0.1) is 13.8 Å². The number of hydrogen-bond acceptors (Lipinski definition) is 5. The van der Waals surface area contributed by atoms with Gasteiger partial charge in [-0.1, -0.05) is 18.2 Å². The van der Waals surface area contributed by atoms with E-state index in [0.29, 0.717) is 35.6 Å². The SMILES string of the molecule is COc1cccc(OC)c1Oc1ccc(CN=C(N)Nc2cc(C)cc(C)c2)cn1. The number of para-hydroxylation sites is 1. The van der Waals surface area contributed by atoms with Crippen LogP contribution in [0.2, 0.25) is 0 Å². The van der Waals surface area contributed by atoms with Crippen molar-refractivity contribution in [2.75, 3.05) is 19.5 Å². The minimum absolute atomic E-state index is 0.346. The van der Waals surface area contributed by atoms with Gasteiger partial charge in [0.1, 0.15) is 0 Å². The van der Waals surface area contributed by atoms with E-state index < -0.39 is 0 Å². The number of benzene rings is 2. The van der Waals surface area contributed by atoms with Gasteiger partial charge in [-0.15, -0.1) is 0 Å². The number of aromatic nitrogens is 1. The molecule has 0 amide bonds. The topological polar surface area (TPSA) is 91.0 Å². The Bertz CT molecular complexity index is 991. The van der Waals surface area contributed by atoms with Gasteiger partial charge in [-0.05, 0) is 54.8 Å². The first-order valence-electron chi connectivity index (χ1n) is 9.47. The third kappa shape index (κ3) is 5.41. The third-order valence-corrected chi connectivity index (χ3v) is 4.31. The number of rotatable bonds is 7. The molecule has 0 radical (unpaired) electrons. The molecule has 156 valence electrons. The Morgan fingerprint density at radius 2 is 1.67 bits per heavy atom. The van der Waals surface area contributed by atoms with Gasteiger partial charge in [0.2, 0.25) is 11.6 Å². The molecular formula is C23H26N4O3. The average molecular weight is 406 g/mol. The van der Waals surface area contributed by atoms with E-state index in [2.05, 4.69) is 21.4 Å². The molecule has 1 heterocycles. The lowest BCUT2D eigenvalue weighted by Gasteiger charge is -2.13. The number of anilines is 1. The molecule has 2 aromatic carbocycles. The molecule has 0 aliphatic carbocycles. The zero-order valence-corrected chi connectivity index (χ0v) is 17.6. The molecule has 1 aromatic heterocycles. The summed E-state index contributed by atoms with van der Waals surface area (Å²) in [5, 5.41) is 3.12. The number of guanidine groups is 1. The van der Waals surface area contributed by atoms with Crippen LogP contribution in [0.25, 0.3) is 0 Å². The summed E-state index contributed by atoms with van der Waals surface area (Å²) >= 11 is 0. The van der Waals surface area contributed by atoms with Gasteiger partial charge in [0, 0.05) is 18.0 Å². The fraction of sp³-hybridized carbons (Fsp3) is 0.217. The molecule has 0 aliphatic heterocycles. The quantitative estimate of drug-likeness (QED) is 0.445. The second-order valence-corrected chi connectivity index (χ2v) is 6.80. The molecule has 0 atom stereocenters. The van der Waals surface area contributed by atoms with E-state index in [1.54, 1.807) is 38.6 Å². The molecule has 7 nitrogen and oxygen atoms in total. The van der Waals surface area contributed by atoms with Gasteiger partial charge >= 0.3 is 0 Å². The molecule has 0 saturated heterocycles. The Kier molecular flexibility index (Phi) is 6.75. The van der Waals surface area contributed by atoms with E-state index >= 15 is 0 Å². The molecule has 0 spiro atoms. The van der Waals surface area contributed by atoms with E-state index in [-0.39, 0.29) is 0 Å². The zero-order valence-electron chi connectivity index (χ0n) is 17.6. The molecule has 0 bridgehead atoms. The number of pyridine rings is 1. The first-order valence-corrected chi connectivity index (χ1v) is 9.47. The van der Waals surface area contributed by atoms with E-state index in [1.165, 1.54) is 0 Å². The van der Waals surface area contributed by atoms with Gasteiger partial charge in [0.15, 0.2) is 17.5 Å². The lowest BCUT2D eigenvalue weighted by molar-refractivity contribution is 0.342. The average Bonchev–Trinajstić information content (AvgIpc) is 2.72. The second-order valence-electron chi connectivity index (χ2n) is 6.80. The maximum atomic E-state index is 6.02. The van der Waals surface area contributed by atoms with Crippen molar-refractivity contribution in [3.8, 4) is 23.1 Å². The molecule has 3 aromatic rings. The first-order chi connectivity index (χ1) is 14.5. The largest absolute Gasteiger partial charge is 0.493 e. The molecule has 7 heteroatoms. The van der Waals surface area contributed by atoms with Crippen LogP contribution in [-0.2, 0) is 6.54 Å². The molecule has 3 N–H and O–H groups in total. The summed E-state index contributed by atoms with van der Waals surface area (Å²) in [5.74, 6) is 2.37. The highest BCUT2D eigenvalue weighted by Gasteiger charge is 2.13. The lowest BCUT2D eigenvalue weighted by atomic mass is 10.1. The van der Waals surface area contributed by atoms with Gasteiger partial charge in [-0.2, -0.15) is 0 Å². The zero-order chi connectivity index (χ0) is 21.5. The van der Waals surface area contributed by atoms with Crippen LogP contribution in [0.1, 0.15) is 16.7 Å². The summed E-state index contributed by atoms with van der Waals surface area (Å²) in [6, 6.07) is 15.2. The van der Waals surface area contributed by atoms with Crippen molar-refractivity contribution in [3.63, 3.8) is 0 Å². The predicted octanol–water partition coefficient (Wildman–Crippen LogP) is 4.43. The number of nitrogens with zero attached hydrogens (tertiary/aromatic N) is 2. The lowest BCUT2D eigenvalue weighted by Crippen LogP contribution is -2.22. The van der Waals surface area contributed by atoms with Crippen molar-refractivity contribution in [2.24, 2.45) is 10.7 Å². The van der Waals surface area contributed by atoms with Crippen molar-refractivity contribution in [3.05, 3.63) is 71.4 Å². The van der Waals surface area contributed by atoms with E-state index in [9.17, 15) is 0 Å². The standard InChI is InChI=1S/C23H26N4O3/c1-15-10-16(2)12-18(11-15)27-23(24)26-14-17-8-9-21(25-13-17)30-22-19(28-3)6-5-7-20(22)29-4/h5-13H,14H2,1-4H3,(H3,24,26,27). The second kappa shape index (κ2) is 9.65. The van der Waals surface area contributed by atoms with Gasteiger partial charge in [0.05, 0.1) is 20.8 Å². The number of methoxy groups -OCH3 is 2. The number of aryl methyl sites for hydroxylation is 2. The van der Waals surface area contributed by atoms with Crippen molar-refractivity contribution in [1.29, 1.82) is 0 Å². The Morgan fingerprint density at radius 1 is 1.00 bits per heavy atom. The third-order valence-electron chi connectivity index (χ3n) is 4.31. The Balaban J connectivity index is 1.65. The highest BCUT2D eigenvalue weighted by atomic mass is 16.5. The maximum absolute atomic E-state index is 6.02. The number of ether oxygens (including phenoxy) is 3. The van der Waals surface area contributed by atoms with E-state index in [1.807, 2.05) is 38.1 Å². The van der Waals surface area contributed by atoms with Crippen molar-refractivity contribution in [1.82, 2.24) is 4.98 Å². The van der Waals surface area contributed by atoms with Crippen LogP contribution < -0.4 is 25.3 Å². The van der Waals surface area contributed by atoms with E-state index in [4.69, 9.17) is 19.9 Å². The molecule has 0 unspecified atom stereocenters. The van der Waals surface area contributed by atoms with Crippen LogP contribution in [0.4, 0.5) is 5.69 Å². The summed E-state index contributed by atoms with van der Waals surface area (Å²) in [6.07, 6.45) is 1.70. The van der Waals surface area contributed by atoms with Crippen LogP contribution in [0.15, 0.2) is 59.7 Å².